The molecular formula is C20H17ClN4O2S. The minimum Gasteiger partial charge on any atom is -0.324 e. The minimum absolute atomic E-state index is 0.238. The van der Waals surface area contributed by atoms with Crippen LogP contribution in [0.5, 0.6) is 0 Å². The summed E-state index contributed by atoms with van der Waals surface area (Å²) in [5.41, 5.74) is 1.90. The Labute approximate surface area is 169 Å². The molecule has 8 heteroatoms. The number of benzene rings is 1. The number of hydrogen-bond acceptors (Lipinski definition) is 5. The molecule has 1 atom stereocenters. The maximum atomic E-state index is 13.1. The van der Waals surface area contributed by atoms with Gasteiger partial charge in [0.25, 0.3) is 5.56 Å². The number of nitrogens with zero attached hydrogens (tertiary/aromatic N) is 3. The molecule has 0 fully saturated rings. The summed E-state index contributed by atoms with van der Waals surface area (Å²) in [7, 11) is 0. The highest BCUT2D eigenvalue weighted by Gasteiger charge is 2.23. The molecule has 0 radical (unpaired) electrons. The summed E-state index contributed by atoms with van der Waals surface area (Å²) in [5, 5.41) is 4.26. The molecule has 6 nitrogen and oxygen atoms in total. The van der Waals surface area contributed by atoms with E-state index >= 15 is 0 Å². The van der Waals surface area contributed by atoms with E-state index in [1.807, 2.05) is 32.0 Å². The standard InChI is InChI=1S/C20H17ClN4O2S/c1-3-15(18(26)24-14-9-12(21)7-6-11(14)2)25-10-23-16-13-5-4-8-22-19(13)28-17(16)20(25)27/h4-10,15H,3H2,1-2H3,(H,24,26)/t15-/m0/s1. The fraction of sp³-hybridized carbons (Fsp3) is 0.200. The second-order valence-corrected chi connectivity index (χ2v) is 7.90. The van der Waals surface area contributed by atoms with Crippen LogP contribution in [0.15, 0.2) is 47.7 Å². The number of amides is 1. The van der Waals surface area contributed by atoms with Gasteiger partial charge in [-0.15, -0.1) is 11.3 Å². The van der Waals surface area contributed by atoms with Gasteiger partial charge >= 0.3 is 0 Å². The number of carbonyl (C=O) groups is 1. The number of carbonyl (C=O) groups excluding carboxylic acids is 1. The maximum Gasteiger partial charge on any atom is 0.272 e. The number of aromatic nitrogens is 3. The largest absolute Gasteiger partial charge is 0.324 e. The van der Waals surface area contributed by atoms with Crippen molar-refractivity contribution in [3.63, 3.8) is 0 Å². The normalized spacial score (nSPS) is 12.4. The van der Waals surface area contributed by atoms with Gasteiger partial charge in [0.05, 0.1) is 11.8 Å². The molecule has 3 heterocycles. The summed E-state index contributed by atoms with van der Waals surface area (Å²) < 4.78 is 1.90. The van der Waals surface area contributed by atoms with Crippen LogP contribution in [0.3, 0.4) is 0 Å². The SMILES string of the molecule is CC[C@@H](C(=O)Nc1cc(Cl)ccc1C)n1cnc2c(sc3ncccc32)c1=O. The molecule has 4 aromatic rings. The molecule has 0 aliphatic heterocycles. The van der Waals surface area contributed by atoms with Crippen LogP contribution in [0.25, 0.3) is 20.4 Å². The number of aryl methyl sites for hydroxylation is 1. The molecule has 0 aliphatic carbocycles. The van der Waals surface area contributed by atoms with Crippen molar-refractivity contribution in [2.75, 3.05) is 5.32 Å². The summed E-state index contributed by atoms with van der Waals surface area (Å²) in [4.78, 5) is 35.5. The molecule has 0 unspecified atom stereocenters. The molecule has 28 heavy (non-hydrogen) atoms. The Bertz CT molecular complexity index is 1260. The first-order chi connectivity index (χ1) is 13.5. The minimum atomic E-state index is -0.680. The van der Waals surface area contributed by atoms with Gasteiger partial charge < -0.3 is 5.32 Å². The average molecular weight is 413 g/mol. The summed E-state index contributed by atoms with van der Waals surface area (Å²) in [5.74, 6) is -0.282. The van der Waals surface area contributed by atoms with Crippen molar-refractivity contribution in [3.05, 3.63) is 63.8 Å². The lowest BCUT2D eigenvalue weighted by Crippen LogP contribution is -2.33. The highest BCUT2D eigenvalue weighted by molar-refractivity contribution is 7.25. The van der Waals surface area contributed by atoms with E-state index in [2.05, 4.69) is 15.3 Å². The summed E-state index contributed by atoms with van der Waals surface area (Å²) in [6.45, 7) is 3.75. The van der Waals surface area contributed by atoms with Crippen LogP contribution in [0, 0.1) is 6.92 Å². The van der Waals surface area contributed by atoms with Gasteiger partial charge in [-0.3, -0.25) is 14.2 Å². The molecule has 1 amide bonds. The third kappa shape index (κ3) is 3.16. The molecule has 0 bridgehead atoms. The van der Waals surface area contributed by atoms with Crippen LogP contribution in [0.4, 0.5) is 5.69 Å². The number of nitrogens with one attached hydrogen (secondary N) is 1. The molecule has 1 aromatic carbocycles. The van der Waals surface area contributed by atoms with Gasteiger partial charge in [-0.05, 0) is 43.2 Å². The van der Waals surface area contributed by atoms with E-state index in [1.54, 1.807) is 18.3 Å². The van der Waals surface area contributed by atoms with Crippen LogP contribution in [-0.2, 0) is 4.79 Å². The molecule has 1 N–H and O–H groups in total. The number of halogens is 1. The molecule has 0 saturated heterocycles. The van der Waals surface area contributed by atoms with E-state index < -0.39 is 6.04 Å². The van der Waals surface area contributed by atoms with Crippen molar-refractivity contribution in [2.45, 2.75) is 26.3 Å². The zero-order chi connectivity index (χ0) is 19.8. The number of anilines is 1. The van der Waals surface area contributed by atoms with Gasteiger partial charge in [-0.1, -0.05) is 24.6 Å². The Hall–Kier alpha value is -2.77. The number of fused-ring (bicyclic) bond motifs is 3. The van der Waals surface area contributed by atoms with Gasteiger partial charge in [-0.2, -0.15) is 0 Å². The zero-order valence-electron chi connectivity index (χ0n) is 15.3. The topological polar surface area (TPSA) is 76.9 Å². The highest BCUT2D eigenvalue weighted by atomic mass is 35.5. The molecule has 0 spiro atoms. The second-order valence-electron chi connectivity index (χ2n) is 6.47. The van der Waals surface area contributed by atoms with Crippen LogP contribution in [0.2, 0.25) is 5.02 Å². The molecular weight excluding hydrogens is 396 g/mol. The monoisotopic (exact) mass is 412 g/mol. The predicted molar refractivity (Wildman–Crippen MR) is 113 cm³/mol. The molecule has 4 rings (SSSR count). The number of thiophene rings is 1. The van der Waals surface area contributed by atoms with E-state index in [4.69, 9.17) is 11.6 Å². The molecule has 0 aliphatic rings. The van der Waals surface area contributed by atoms with Crippen LogP contribution < -0.4 is 10.9 Å². The van der Waals surface area contributed by atoms with Crippen molar-refractivity contribution >= 4 is 55.0 Å². The molecule has 142 valence electrons. The number of hydrogen-bond donors (Lipinski definition) is 1. The lowest BCUT2D eigenvalue weighted by Gasteiger charge is -2.18. The second kappa shape index (κ2) is 7.33. The first-order valence-electron chi connectivity index (χ1n) is 8.81. The van der Waals surface area contributed by atoms with Gasteiger partial charge in [0.15, 0.2) is 0 Å². The molecule has 0 saturated carbocycles. The van der Waals surface area contributed by atoms with E-state index in [0.717, 1.165) is 15.8 Å². The Kier molecular flexibility index (Phi) is 4.87. The van der Waals surface area contributed by atoms with Gasteiger partial charge in [-0.25, -0.2) is 9.97 Å². The van der Waals surface area contributed by atoms with E-state index in [-0.39, 0.29) is 11.5 Å². The third-order valence-corrected chi connectivity index (χ3v) is 5.99. The lowest BCUT2D eigenvalue weighted by molar-refractivity contribution is -0.119. The highest BCUT2D eigenvalue weighted by Crippen LogP contribution is 2.29. The average Bonchev–Trinajstić information content (AvgIpc) is 3.07. The van der Waals surface area contributed by atoms with Crippen LogP contribution in [-0.4, -0.2) is 20.4 Å². The van der Waals surface area contributed by atoms with Crippen molar-refractivity contribution < 1.29 is 4.79 Å². The fourth-order valence-corrected chi connectivity index (χ4v) is 4.36. The predicted octanol–water partition coefficient (Wildman–Crippen LogP) is 4.56. The smallest absolute Gasteiger partial charge is 0.272 e. The quantitative estimate of drug-likeness (QED) is 0.533. The van der Waals surface area contributed by atoms with E-state index in [0.29, 0.717) is 27.3 Å². The van der Waals surface area contributed by atoms with Gasteiger partial charge in [0, 0.05) is 22.3 Å². The van der Waals surface area contributed by atoms with E-state index in [9.17, 15) is 9.59 Å². The van der Waals surface area contributed by atoms with Crippen molar-refractivity contribution in [3.8, 4) is 0 Å². The van der Waals surface area contributed by atoms with Crippen LogP contribution >= 0.6 is 22.9 Å². The summed E-state index contributed by atoms with van der Waals surface area (Å²) in [6.07, 6.45) is 3.58. The van der Waals surface area contributed by atoms with Gasteiger partial charge in [0.1, 0.15) is 15.6 Å². The summed E-state index contributed by atoms with van der Waals surface area (Å²) in [6, 6.07) is 8.33. The number of pyridine rings is 1. The molecule has 3 aromatic heterocycles. The van der Waals surface area contributed by atoms with Crippen molar-refractivity contribution in [2.24, 2.45) is 0 Å². The zero-order valence-corrected chi connectivity index (χ0v) is 16.8. The van der Waals surface area contributed by atoms with Crippen molar-refractivity contribution in [1.29, 1.82) is 0 Å². The van der Waals surface area contributed by atoms with E-state index in [1.165, 1.54) is 22.2 Å². The Morgan fingerprint density at radius 3 is 2.93 bits per heavy atom. The van der Waals surface area contributed by atoms with Crippen LogP contribution in [0.1, 0.15) is 24.9 Å². The maximum absolute atomic E-state index is 13.1. The van der Waals surface area contributed by atoms with Crippen molar-refractivity contribution in [1.82, 2.24) is 14.5 Å². The number of rotatable bonds is 4. The summed E-state index contributed by atoms with van der Waals surface area (Å²) >= 11 is 7.33. The first-order valence-corrected chi connectivity index (χ1v) is 10.0. The Morgan fingerprint density at radius 2 is 2.14 bits per heavy atom. The lowest BCUT2D eigenvalue weighted by atomic mass is 10.1. The first kappa shape index (κ1) is 18.6. The third-order valence-electron chi connectivity index (χ3n) is 4.66. The van der Waals surface area contributed by atoms with Gasteiger partial charge in [0.2, 0.25) is 5.91 Å². The Balaban J connectivity index is 1.75. The fourth-order valence-electron chi connectivity index (χ4n) is 3.16. The Morgan fingerprint density at radius 1 is 1.32 bits per heavy atom.